The average molecular weight is 363 g/mol. The van der Waals surface area contributed by atoms with Crippen LogP contribution in [0.15, 0.2) is 63.8 Å². The number of ether oxygens (including phenoxy) is 1. The van der Waals surface area contributed by atoms with Gasteiger partial charge in [-0.2, -0.15) is 0 Å². The van der Waals surface area contributed by atoms with E-state index in [2.05, 4.69) is 18.9 Å². The molecule has 0 N–H and O–H groups in total. The first-order chi connectivity index (χ1) is 13.1. The van der Waals surface area contributed by atoms with E-state index in [0.29, 0.717) is 22.6 Å². The Balaban J connectivity index is 1.66. The maximum atomic E-state index is 12.5. The molecule has 0 aliphatic carbocycles. The third kappa shape index (κ3) is 3.91. The van der Waals surface area contributed by atoms with Crippen LogP contribution in [0.4, 0.5) is 0 Å². The molecule has 2 unspecified atom stereocenters. The number of likely N-dealkylation sites (tertiary alicyclic amines) is 1. The Hall–Kier alpha value is -2.59. The molecular weight excluding hydrogens is 338 g/mol. The lowest BCUT2D eigenvalue weighted by molar-refractivity contribution is 0.131. The summed E-state index contributed by atoms with van der Waals surface area (Å²) in [7, 11) is 2.16. The van der Waals surface area contributed by atoms with Gasteiger partial charge in [-0.05, 0) is 38.6 Å². The highest BCUT2D eigenvalue weighted by atomic mass is 16.5. The minimum absolute atomic E-state index is 0.0360. The van der Waals surface area contributed by atoms with E-state index in [4.69, 9.17) is 9.15 Å². The monoisotopic (exact) mass is 363 g/mol. The van der Waals surface area contributed by atoms with Crippen molar-refractivity contribution in [3.63, 3.8) is 0 Å². The molecule has 2 atom stereocenters. The van der Waals surface area contributed by atoms with Crippen molar-refractivity contribution in [2.75, 3.05) is 20.1 Å². The zero-order valence-electron chi connectivity index (χ0n) is 15.9. The van der Waals surface area contributed by atoms with Gasteiger partial charge in [0.15, 0.2) is 5.43 Å². The quantitative estimate of drug-likeness (QED) is 0.684. The van der Waals surface area contributed by atoms with Crippen molar-refractivity contribution < 1.29 is 9.15 Å². The van der Waals surface area contributed by atoms with Gasteiger partial charge in [0, 0.05) is 30.2 Å². The Morgan fingerprint density at radius 2 is 1.93 bits per heavy atom. The van der Waals surface area contributed by atoms with Gasteiger partial charge < -0.3 is 14.1 Å². The molecule has 140 valence electrons. The summed E-state index contributed by atoms with van der Waals surface area (Å²) in [6.45, 7) is 4.38. The van der Waals surface area contributed by atoms with E-state index in [1.807, 2.05) is 42.5 Å². The molecule has 0 spiro atoms. The van der Waals surface area contributed by atoms with Gasteiger partial charge >= 0.3 is 0 Å². The second-order valence-electron chi connectivity index (χ2n) is 7.54. The number of rotatable bonds is 3. The van der Waals surface area contributed by atoms with E-state index in [1.54, 1.807) is 12.1 Å². The summed E-state index contributed by atoms with van der Waals surface area (Å²) < 4.78 is 12.3. The fourth-order valence-electron chi connectivity index (χ4n) is 3.85. The highest BCUT2D eigenvalue weighted by Crippen LogP contribution is 2.27. The first-order valence-corrected chi connectivity index (χ1v) is 9.59. The van der Waals surface area contributed by atoms with Crippen LogP contribution in [0.5, 0.6) is 5.75 Å². The zero-order chi connectivity index (χ0) is 18.8. The van der Waals surface area contributed by atoms with E-state index in [9.17, 15) is 4.79 Å². The molecule has 0 saturated carbocycles. The summed E-state index contributed by atoms with van der Waals surface area (Å²) in [6, 6.07) is 16.8. The van der Waals surface area contributed by atoms with Gasteiger partial charge in [0.1, 0.15) is 23.2 Å². The molecule has 4 heteroatoms. The van der Waals surface area contributed by atoms with E-state index < -0.39 is 0 Å². The number of benzene rings is 2. The molecule has 1 aliphatic rings. The van der Waals surface area contributed by atoms with Gasteiger partial charge in [-0.1, -0.05) is 37.3 Å². The van der Waals surface area contributed by atoms with E-state index in [-0.39, 0.29) is 11.5 Å². The average Bonchev–Trinajstić information content (AvgIpc) is 2.82. The standard InChI is InChI=1S/C23H25NO3/c1-16-15-24(2)12-6-9-21(16)26-18-10-11-19-20(25)14-22(27-23(19)13-18)17-7-4-3-5-8-17/h3-5,7-8,10-11,13-14,16,21H,6,9,12,15H2,1-2H3. The van der Waals surface area contributed by atoms with Crippen LogP contribution in [0.1, 0.15) is 19.8 Å². The highest BCUT2D eigenvalue weighted by molar-refractivity contribution is 5.80. The lowest BCUT2D eigenvalue weighted by Gasteiger charge is -2.24. The first kappa shape index (κ1) is 17.8. The summed E-state index contributed by atoms with van der Waals surface area (Å²) in [5.41, 5.74) is 1.42. The largest absolute Gasteiger partial charge is 0.490 e. The first-order valence-electron chi connectivity index (χ1n) is 9.59. The van der Waals surface area contributed by atoms with E-state index in [1.165, 1.54) is 0 Å². The summed E-state index contributed by atoms with van der Waals surface area (Å²) in [6.07, 6.45) is 2.35. The van der Waals surface area contributed by atoms with Crippen LogP contribution < -0.4 is 10.2 Å². The van der Waals surface area contributed by atoms with Gasteiger partial charge in [0.25, 0.3) is 0 Å². The van der Waals surface area contributed by atoms with Crippen LogP contribution in [-0.4, -0.2) is 31.1 Å². The van der Waals surface area contributed by atoms with Crippen molar-refractivity contribution in [1.29, 1.82) is 0 Å². The lowest BCUT2D eigenvalue weighted by Crippen LogP contribution is -2.30. The Morgan fingerprint density at radius 3 is 2.74 bits per heavy atom. The number of hydrogen-bond donors (Lipinski definition) is 0. The van der Waals surface area contributed by atoms with Gasteiger partial charge in [-0.25, -0.2) is 0 Å². The number of nitrogens with zero attached hydrogens (tertiary/aromatic N) is 1. The van der Waals surface area contributed by atoms with Crippen molar-refractivity contribution in [1.82, 2.24) is 4.90 Å². The molecule has 0 bridgehead atoms. The molecule has 0 radical (unpaired) electrons. The van der Waals surface area contributed by atoms with Crippen molar-refractivity contribution in [2.24, 2.45) is 5.92 Å². The predicted molar refractivity (Wildman–Crippen MR) is 108 cm³/mol. The van der Waals surface area contributed by atoms with Crippen LogP contribution in [0.3, 0.4) is 0 Å². The fraction of sp³-hybridized carbons (Fsp3) is 0.348. The summed E-state index contributed by atoms with van der Waals surface area (Å²) in [4.78, 5) is 14.9. The minimum atomic E-state index is -0.0360. The second kappa shape index (κ2) is 7.57. The van der Waals surface area contributed by atoms with Crippen molar-refractivity contribution >= 4 is 11.0 Å². The van der Waals surface area contributed by atoms with Gasteiger partial charge in [-0.3, -0.25) is 4.79 Å². The third-order valence-corrected chi connectivity index (χ3v) is 5.31. The molecule has 2 aromatic carbocycles. The second-order valence-corrected chi connectivity index (χ2v) is 7.54. The molecule has 4 rings (SSSR count). The molecule has 4 nitrogen and oxygen atoms in total. The maximum Gasteiger partial charge on any atom is 0.193 e. The topological polar surface area (TPSA) is 42.7 Å². The van der Waals surface area contributed by atoms with Gasteiger partial charge in [0.05, 0.1) is 5.39 Å². The van der Waals surface area contributed by atoms with Crippen molar-refractivity contribution in [3.8, 4) is 17.1 Å². The van der Waals surface area contributed by atoms with Gasteiger partial charge in [0.2, 0.25) is 0 Å². The Kier molecular flexibility index (Phi) is 4.99. The van der Waals surface area contributed by atoms with E-state index >= 15 is 0 Å². The Labute approximate surface area is 159 Å². The molecule has 1 saturated heterocycles. The Bertz CT molecular complexity index is 980. The highest BCUT2D eigenvalue weighted by Gasteiger charge is 2.24. The third-order valence-electron chi connectivity index (χ3n) is 5.31. The number of hydrogen-bond acceptors (Lipinski definition) is 4. The van der Waals surface area contributed by atoms with Crippen LogP contribution >= 0.6 is 0 Å². The molecule has 1 aliphatic heterocycles. The predicted octanol–water partition coefficient (Wildman–Crippen LogP) is 4.57. The van der Waals surface area contributed by atoms with Crippen molar-refractivity contribution in [3.05, 3.63) is 64.8 Å². The Morgan fingerprint density at radius 1 is 1.11 bits per heavy atom. The summed E-state index contributed by atoms with van der Waals surface area (Å²) in [5, 5.41) is 0.579. The zero-order valence-corrected chi connectivity index (χ0v) is 15.9. The SMILES string of the molecule is CC1CN(C)CCCC1Oc1ccc2c(=O)cc(-c3ccccc3)oc2c1. The normalized spacial score (nSPS) is 21.1. The smallest absolute Gasteiger partial charge is 0.193 e. The fourth-order valence-corrected chi connectivity index (χ4v) is 3.85. The van der Waals surface area contributed by atoms with Crippen LogP contribution in [0, 0.1) is 5.92 Å². The molecule has 0 amide bonds. The molecule has 27 heavy (non-hydrogen) atoms. The minimum Gasteiger partial charge on any atom is -0.490 e. The number of fused-ring (bicyclic) bond motifs is 1. The molecule has 1 aromatic heterocycles. The van der Waals surface area contributed by atoms with Crippen LogP contribution in [0.2, 0.25) is 0 Å². The molecule has 1 fully saturated rings. The summed E-state index contributed by atoms with van der Waals surface area (Å²) in [5.74, 6) is 1.79. The summed E-state index contributed by atoms with van der Waals surface area (Å²) >= 11 is 0. The molecular formula is C23H25NO3. The van der Waals surface area contributed by atoms with E-state index in [0.717, 1.165) is 37.2 Å². The lowest BCUT2D eigenvalue weighted by atomic mass is 10.0. The molecule has 2 heterocycles. The maximum absolute atomic E-state index is 12.5. The molecule has 3 aromatic rings. The van der Waals surface area contributed by atoms with Crippen LogP contribution in [0.25, 0.3) is 22.3 Å². The van der Waals surface area contributed by atoms with Gasteiger partial charge in [-0.15, -0.1) is 0 Å². The van der Waals surface area contributed by atoms with Crippen molar-refractivity contribution in [2.45, 2.75) is 25.9 Å². The van der Waals surface area contributed by atoms with Crippen LogP contribution in [-0.2, 0) is 0 Å².